The summed E-state index contributed by atoms with van der Waals surface area (Å²) in [5.74, 6) is -0.0504. The van der Waals surface area contributed by atoms with Crippen LogP contribution >= 0.6 is 0 Å². The molecule has 4 heteroatoms. The Labute approximate surface area is 66.6 Å². The normalized spacial score (nSPS) is 26.4. The molecule has 0 heterocycles. The second kappa shape index (κ2) is 3.88. The van der Waals surface area contributed by atoms with Gasteiger partial charge in [-0.3, -0.25) is 4.79 Å². The lowest BCUT2D eigenvalue weighted by Gasteiger charge is -2.09. The van der Waals surface area contributed by atoms with Crippen molar-refractivity contribution < 1.29 is 14.8 Å². The van der Waals surface area contributed by atoms with Crippen LogP contribution in [0.2, 0.25) is 5.82 Å². The molecule has 0 radical (unpaired) electrons. The first-order valence-corrected chi connectivity index (χ1v) is 4.08. The van der Waals surface area contributed by atoms with Crippen molar-refractivity contribution in [2.45, 2.75) is 37.9 Å². The quantitative estimate of drug-likeness (QED) is 0.425. The van der Waals surface area contributed by atoms with E-state index in [1.807, 2.05) is 0 Å². The molecule has 0 spiro atoms. The predicted molar refractivity (Wildman–Crippen MR) is 42.0 cm³/mol. The van der Waals surface area contributed by atoms with E-state index in [2.05, 4.69) is 0 Å². The van der Waals surface area contributed by atoms with Gasteiger partial charge in [0.1, 0.15) is 5.78 Å². The van der Waals surface area contributed by atoms with Gasteiger partial charge in [-0.25, -0.2) is 0 Å². The molecular weight excluding hydrogens is 143 g/mol. The lowest BCUT2D eigenvalue weighted by atomic mass is 9.68. The van der Waals surface area contributed by atoms with Crippen molar-refractivity contribution in [3.8, 4) is 0 Å². The molecule has 1 saturated carbocycles. The SMILES string of the molecule is O=C1CCCCC(B(O)O)C1. The van der Waals surface area contributed by atoms with Crippen molar-refractivity contribution in [2.24, 2.45) is 0 Å². The van der Waals surface area contributed by atoms with Crippen molar-refractivity contribution in [1.29, 1.82) is 0 Å². The van der Waals surface area contributed by atoms with Gasteiger partial charge in [-0.1, -0.05) is 12.8 Å². The molecule has 11 heavy (non-hydrogen) atoms. The number of carbonyl (C=O) groups excluding carboxylic acids is 1. The number of hydrogen-bond donors (Lipinski definition) is 2. The minimum atomic E-state index is -1.31. The summed E-state index contributed by atoms with van der Waals surface area (Å²) in [5, 5.41) is 17.6. The Hall–Kier alpha value is -0.345. The molecule has 1 unspecified atom stereocenters. The van der Waals surface area contributed by atoms with E-state index < -0.39 is 7.12 Å². The lowest BCUT2D eigenvalue weighted by Crippen LogP contribution is -2.21. The summed E-state index contributed by atoms with van der Waals surface area (Å²) in [6.45, 7) is 0. The third kappa shape index (κ3) is 2.63. The highest BCUT2D eigenvalue weighted by molar-refractivity contribution is 6.43. The Morgan fingerprint density at radius 2 is 2.09 bits per heavy atom. The van der Waals surface area contributed by atoms with Crippen LogP contribution in [0.25, 0.3) is 0 Å². The van der Waals surface area contributed by atoms with Gasteiger partial charge in [0, 0.05) is 18.7 Å². The van der Waals surface area contributed by atoms with Crippen molar-refractivity contribution in [3.63, 3.8) is 0 Å². The average Bonchev–Trinajstić information content (AvgIpc) is 2.13. The first-order chi connectivity index (χ1) is 5.20. The molecule has 1 aliphatic rings. The van der Waals surface area contributed by atoms with E-state index in [0.717, 1.165) is 19.3 Å². The molecule has 1 atom stereocenters. The Balaban J connectivity index is 2.45. The van der Waals surface area contributed by atoms with Gasteiger partial charge in [0.25, 0.3) is 0 Å². The zero-order valence-electron chi connectivity index (χ0n) is 6.49. The van der Waals surface area contributed by atoms with Gasteiger partial charge in [-0.05, 0) is 6.42 Å². The van der Waals surface area contributed by atoms with Gasteiger partial charge < -0.3 is 10.0 Å². The maximum atomic E-state index is 11.0. The van der Waals surface area contributed by atoms with E-state index in [-0.39, 0.29) is 11.6 Å². The van der Waals surface area contributed by atoms with Gasteiger partial charge in [-0.15, -0.1) is 0 Å². The summed E-state index contributed by atoms with van der Waals surface area (Å²) in [4.78, 5) is 11.0. The van der Waals surface area contributed by atoms with Gasteiger partial charge in [0.05, 0.1) is 0 Å². The Morgan fingerprint density at radius 3 is 2.73 bits per heavy atom. The highest BCUT2D eigenvalue weighted by Gasteiger charge is 2.27. The topological polar surface area (TPSA) is 57.5 Å². The van der Waals surface area contributed by atoms with E-state index in [1.54, 1.807) is 0 Å². The highest BCUT2D eigenvalue weighted by Crippen LogP contribution is 2.26. The summed E-state index contributed by atoms with van der Waals surface area (Å²) in [6.07, 6.45) is 3.57. The molecule has 0 aromatic carbocycles. The summed E-state index contributed by atoms with van der Waals surface area (Å²) in [6, 6.07) is 0. The number of Topliss-reactive ketones (excluding diaryl/α,β-unsaturated/α-hetero) is 1. The standard InChI is InChI=1S/C7H13BO3/c9-7-4-2-1-3-6(5-7)8(10)11/h6,10-11H,1-5H2. The third-order valence-corrected chi connectivity index (χ3v) is 2.19. The molecule has 1 rings (SSSR count). The fourth-order valence-electron chi connectivity index (χ4n) is 1.48. The third-order valence-electron chi connectivity index (χ3n) is 2.19. The van der Waals surface area contributed by atoms with E-state index >= 15 is 0 Å². The average molecular weight is 156 g/mol. The number of carbonyl (C=O) groups is 1. The van der Waals surface area contributed by atoms with Crippen LogP contribution in [0.15, 0.2) is 0 Å². The van der Waals surface area contributed by atoms with Crippen LogP contribution in [-0.2, 0) is 4.79 Å². The predicted octanol–water partition coefficient (Wildman–Crippen LogP) is 0.363. The molecule has 0 bridgehead atoms. The van der Waals surface area contributed by atoms with Crippen LogP contribution in [0.5, 0.6) is 0 Å². The number of hydrogen-bond acceptors (Lipinski definition) is 3. The largest absolute Gasteiger partial charge is 0.455 e. The van der Waals surface area contributed by atoms with Gasteiger partial charge in [0.2, 0.25) is 0 Å². The van der Waals surface area contributed by atoms with E-state index in [9.17, 15) is 4.79 Å². The fourth-order valence-corrected chi connectivity index (χ4v) is 1.48. The zero-order valence-corrected chi connectivity index (χ0v) is 6.49. The van der Waals surface area contributed by atoms with Gasteiger partial charge in [0.15, 0.2) is 0 Å². The van der Waals surface area contributed by atoms with Crippen LogP contribution in [0, 0.1) is 0 Å². The molecule has 3 nitrogen and oxygen atoms in total. The van der Waals surface area contributed by atoms with Crippen LogP contribution in [0.1, 0.15) is 32.1 Å². The van der Waals surface area contributed by atoms with Crippen molar-refractivity contribution in [2.75, 3.05) is 0 Å². The Bertz CT molecular complexity index is 147. The minimum absolute atomic E-state index is 0.167. The van der Waals surface area contributed by atoms with Gasteiger partial charge >= 0.3 is 7.12 Å². The number of ketones is 1. The van der Waals surface area contributed by atoms with E-state index in [4.69, 9.17) is 10.0 Å². The van der Waals surface area contributed by atoms with Crippen LogP contribution < -0.4 is 0 Å². The Kier molecular flexibility index (Phi) is 3.08. The molecular formula is C7H13BO3. The van der Waals surface area contributed by atoms with Crippen LogP contribution in [-0.4, -0.2) is 22.9 Å². The monoisotopic (exact) mass is 156 g/mol. The second-order valence-corrected chi connectivity index (χ2v) is 3.16. The molecule has 1 aliphatic carbocycles. The fraction of sp³-hybridized carbons (Fsp3) is 0.857. The molecule has 0 amide bonds. The summed E-state index contributed by atoms with van der Waals surface area (Å²) in [5.41, 5.74) is 0. The van der Waals surface area contributed by atoms with Gasteiger partial charge in [-0.2, -0.15) is 0 Å². The maximum Gasteiger partial charge on any atom is 0.455 e. The van der Waals surface area contributed by atoms with Crippen LogP contribution in [0.4, 0.5) is 0 Å². The maximum absolute atomic E-state index is 11.0. The summed E-state index contributed by atoms with van der Waals surface area (Å²) >= 11 is 0. The molecule has 0 aromatic heterocycles. The molecule has 0 aromatic rings. The van der Waals surface area contributed by atoms with E-state index in [0.29, 0.717) is 12.8 Å². The molecule has 1 fully saturated rings. The number of rotatable bonds is 1. The molecule has 0 saturated heterocycles. The molecule has 62 valence electrons. The van der Waals surface area contributed by atoms with E-state index in [1.165, 1.54) is 0 Å². The smallest absolute Gasteiger partial charge is 0.427 e. The first-order valence-electron chi connectivity index (χ1n) is 4.08. The summed E-state index contributed by atoms with van der Waals surface area (Å²) < 4.78 is 0. The Morgan fingerprint density at radius 1 is 1.36 bits per heavy atom. The lowest BCUT2D eigenvalue weighted by molar-refractivity contribution is -0.119. The minimum Gasteiger partial charge on any atom is -0.427 e. The first kappa shape index (κ1) is 8.75. The summed E-state index contributed by atoms with van der Waals surface area (Å²) in [7, 11) is -1.31. The zero-order chi connectivity index (χ0) is 8.27. The molecule has 0 aliphatic heterocycles. The highest BCUT2D eigenvalue weighted by atomic mass is 16.4. The second-order valence-electron chi connectivity index (χ2n) is 3.16. The van der Waals surface area contributed by atoms with Crippen molar-refractivity contribution >= 4 is 12.9 Å². The van der Waals surface area contributed by atoms with Crippen molar-refractivity contribution in [3.05, 3.63) is 0 Å². The van der Waals surface area contributed by atoms with Crippen LogP contribution in [0.3, 0.4) is 0 Å². The molecule has 2 N–H and O–H groups in total. The van der Waals surface area contributed by atoms with Crippen molar-refractivity contribution in [1.82, 2.24) is 0 Å².